The average molecular weight is 177 g/mol. The molecule has 2 N–H and O–H groups in total. The molecule has 1 aromatic rings. The maximum Gasteiger partial charge on any atom is 0.337 e. The molecule has 0 aliphatic carbocycles. The van der Waals surface area contributed by atoms with Gasteiger partial charge in [-0.2, -0.15) is 0 Å². The summed E-state index contributed by atoms with van der Waals surface area (Å²) in [6.07, 6.45) is 3.14. The number of rotatable bonds is 2. The van der Waals surface area contributed by atoms with E-state index in [1.54, 1.807) is 24.3 Å². The van der Waals surface area contributed by atoms with Crippen LogP contribution in [0.5, 0.6) is 0 Å². The first-order chi connectivity index (χ1) is 6.27. The van der Waals surface area contributed by atoms with Crippen molar-refractivity contribution >= 4 is 12.0 Å². The summed E-state index contributed by atoms with van der Waals surface area (Å²) in [5.41, 5.74) is 6.63. The molecule has 0 bridgehead atoms. The second-order valence-corrected chi connectivity index (χ2v) is 2.48. The molecule has 1 rings (SSSR count). The van der Waals surface area contributed by atoms with Crippen LogP contribution in [0.15, 0.2) is 30.5 Å². The first kappa shape index (κ1) is 9.32. The van der Waals surface area contributed by atoms with Crippen molar-refractivity contribution in [2.45, 2.75) is 0 Å². The highest BCUT2D eigenvalue weighted by Gasteiger charge is 2.03. The molecule has 0 unspecified atom stereocenters. The second-order valence-electron chi connectivity index (χ2n) is 2.48. The number of ether oxygens (including phenoxy) is 1. The van der Waals surface area contributed by atoms with Gasteiger partial charge in [0.15, 0.2) is 0 Å². The molecule has 0 fully saturated rings. The zero-order valence-electron chi connectivity index (χ0n) is 7.36. The zero-order valence-corrected chi connectivity index (χ0v) is 7.36. The quantitative estimate of drug-likeness (QED) is 0.695. The number of hydrogen-bond donors (Lipinski definition) is 1. The van der Waals surface area contributed by atoms with Gasteiger partial charge in [-0.3, -0.25) is 0 Å². The number of nitrogens with two attached hydrogens (primary N) is 1. The summed E-state index contributed by atoms with van der Waals surface area (Å²) in [5, 5.41) is 0. The number of methoxy groups -OCH3 is 1. The normalized spacial score (nSPS) is 10.2. The molecular weight excluding hydrogens is 166 g/mol. The van der Waals surface area contributed by atoms with Crippen molar-refractivity contribution in [2.75, 3.05) is 7.11 Å². The molecule has 0 spiro atoms. The van der Waals surface area contributed by atoms with Gasteiger partial charge in [0.25, 0.3) is 0 Å². The Hall–Kier alpha value is -1.77. The molecule has 3 nitrogen and oxygen atoms in total. The third kappa shape index (κ3) is 2.33. The van der Waals surface area contributed by atoms with Gasteiger partial charge in [-0.1, -0.05) is 12.1 Å². The molecule has 0 aliphatic rings. The molecule has 1 aromatic carbocycles. The summed E-state index contributed by atoms with van der Waals surface area (Å²) in [4.78, 5) is 11.1. The molecule has 68 valence electrons. The van der Waals surface area contributed by atoms with Gasteiger partial charge in [-0.25, -0.2) is 4.79 Å². The standard InChI is InChI=1S/C10H11NO2/c1-13-10(12)9-4-2-3-8(7-9)5-6-11/h2-7H,11H2,1H3/b6-5+. The predicted molar refractivity (Wildman–Crippen MR) is 51.0 cm³/mol. The van der Waals surface area contributed by atoms with Crippen molar-refractivity contribution in [1.82, 2.24) is 0 Å². The highest BCUT2D eigenvalue weighted by Crippen LogP contribution is 2.07. The Labute approximate surface area is 76.8 Å². The Morgan fingerprint density at radius 2 is 2.31 bits per heavy atom. The average Bonchev–Trinajstić information content (AvgIpc) is 2.18. The molecule has 0 atom stereocenters. The second kappa shape index (κ2) is 4.30. The van der Waals surface area contributed by atoms with Crippen LogP contribution in [0, 0.1) is 0 Å². The van der Waals surface area contributed by atoms with Crippen LogP contribution in [0.4, 0.5) is 0 Å². The topological polar surface area (TPSA) is 52.3 Å². The molecule has 0 saturated heterocycles. The molecule has 0 aromatic heterocycles. The van der Waals surface area contributed by atoms with E-state index in [0.717, 1.165) is 5.56 Å². The van der Waals surface area contributed by atoms with E-state index in [1.165, 1.54) is 13.3 Å². The Morgan fingerprint density at radius 3 is 2.92 bits per heavy atom. The Kier molecular flexibility index (Phi) is 3.09. The van der Waals surface area contributed by atoms with Crippen molar-refractivity contribution < 1.29 is 9.53 Å². The number of hydrogen-bond acceptors (Lipinski definition) is 3. The van der Waals surface area contributed by atoms with Crippen molar-refractivity contribution in [2.24, 2.45) is 5.73 Å². The lowest BCUT2D eigenvalue weighted by Crippen LogP contribution is -2.00. The van der Waals surface area contributed by atoms with Crippen LogP contribution >= 0.6 is 0 Å². The van der Waals surface area contributed by atoms with E-state index < -0.39 is 0 Å². The molecule has 3 heteroatoms. The van der Waals surface area contributed by atoms with E-state index in [9.17, 15) is 4.79 Å². The van der Waals surface area contributed by atoms with Crippen molar-refractivity contribution in [3.05, 3.63) is 41.6 Å². The fourth-order valence-electron chi connectivity index (χ4n) is 0.998. The third-order valence-electron chi connectivity index (χ3n) is 1.60. The minimum absolute atomic E-state index is 0.340. The van der Waals surface area contributed by atoms with Gasteiger partial charge < -0.3 is 10.5 Å². The van der Waals surface area contributed by atoms with E-state index in [2.05, 4.69) is 4.74 Å². The van der Waals surface area contributed by atoms with Crippen LogP contribution in [0.25, 0.3) is 6.08 Å². The fourth-order valence-corrected chi connectivity index (χ4v) is 0.998. The van der Waals surface area contributed by atoms with Crippen LogP contribution in [-0.2, 0) is 4.74 Å². The fraction of sp³-hybridized carbons (Fsp3) is 0.100. The van der Waals surface area contributed by atoms with Crippen LogP contribution in [-0.4, -0.2) is 13.1 Å². The SMILES string of the molecule is COC(=O)c1cccc(/C=C/N)c1. The highest BCUT2D eigenvalue weighted by molar-refractivity contribution is 5.89. The number of carbonyl (C=O) groups is 1. The molecule has 0 aliphatic heterocycles. The van der Waals surface area contributed by atoms with Gasteiger partial charge in [0.05, 0.1) is 12.7 Å². The van der Waals surface area contributed by atoms with Gasteiger partial charge in [0, 0.05) is 0 Å². The Balaban J connectivity index is 2.98. The van der Waals surface area contributed by atoms with Crippen molar-refractivity contribution in [3.8, 4) is 0 Å². The van der Waals surface area contributed by atoms with Gasteiger partial charge in [0.1, 0.15) is 0 Å². The maximum atomic E-state index is 11.1. The van der Waals surface area contributed by atoms with Gasteiger partial charge >= 0.3 is 5.97 Å². The third-order valence-corrected chi connectivity index (χ3v) is 1.60. The largest absolute Gasteiger partial charge is 0.465 e. The summed E-state index contributed by atoms with van der Waals surface area (Å²) < 4.78 is 4.58. The van der Waals surface area contributed by atoms with Crippen molar-refractivity contribution in [1.29, 1.82) is 0 Å². The first-order valence-electron chi connectivity index (χ1n) is 3.84. The van der Waals surface area contributed by atoms with E-state index in [1.807, 2.05) is 6.07 Å². The summed E-state index contributed by atoms with van der Waals surface area (Å²) in [7, 11) is 1.35. The predicted octanol–water partition coefficient (Wildman–Crippen LogP) is 1.40. The molecule has 13 heavy (non-hydrogen) atoms. The lowest BCUT2D eigenvalue weighted by Gasteiger charge is -1.99. The first-order valence-corrected chi connectivity index (χ1v) is 3.84. The number of esters is 1. The lowest BCUT2D eigenvalue weighted by molar-refractivity contribution is 0.0600. The number of carbonyl (C=O) groups excluding carboxylic acids is 1. The van der Waals surface area contributed by atoms with E-state index in [-0.39, 0.29) is 5.97 Å². The Morgan fingerprint density at radius 1 is 1.54 bits per heavy atom. The van der Waals surface area contributed by atoms with Crippen molar-refractivity contribution in [3.63, 3.8) is 0 Å². The van der Waals surface area contributed by atoms with Crippen LogP contribution in [0.3, 0.4) is 0 Å². The molecule has 0 amide bonds. The summed E-state index contributed by atoms with van der Waals surface area (Å²) >= 11 is 0. The van der Waals surface area contributed by atoms with Gasteiger partial charge in [-0.15, -0.1) is 0 Å². The van der Waals surface area contributed by atoms with Gasteiger partial charge in [-0.05, 0) is 30.0 Å². The number of benzene rings is 1. The highest BCUT2D eigenvalue weighted by atomic mass is 16.5. The monoisotopic (exact) mass is 177 g/mol. The summed E-state index contributed by atoms with van der Waals surface area (Å²) in [5.74, 6) is -0.340. The summed E-state index contributed by atoms with van der Waals surface area (Å²) in [6, 6.07) is 7.05. The van der Waals surface area contributed by atoms with Crippen LogP contribution < -0.4 is 5.73 Å². The maximum absolute atomic E-state index is 11.1. The van der Waals surface area contributed by atoms with Crippen LogP contribution in [0.1, 0.15) is 15.9 Å². The van der Waals surface area contributed by atoms with E-state index in [4.69, 9.17) is 5.73 Å². The Bertz CT molecular complexity index is 331. The molecule has 0 radical (unpaired) electrons. The van der Waals surface area contributed by atoms with Gasteiger partial charge in [0.2, 0.25) is 0 Å². The molecular formula is C10H11NO2. The summed E-state index contributed by atoms with van der Waals surface area (Å²) in [6.45, 7) is 0. The molecule has 0 saturated carbocycles. The smallest absolute Gasteiger partial charge is 0.337 e. The lowest BCUT2D eigenvalue weighted by atomic mass is 10.1. The minimum atomic E-state index is -0.340. The zero-order chi connectivity index (χ0) is 9.68. The van der Waals surface area contributed by atoms with E-state index in [0.29, 0.717) is 5.56 Å². The minimum Gasteiger partial charge on any atom is -0.465 e. The van der Waals surface area contributed by atoms with Crippen LogP contribution in [0.2, 0.25) is 0 Å². The molecule has 0 heterocycles. The van der Waals surface area contributed by atoms with E-state index >= 15 is 0 Å².